The monoisotopic (exact) mass is 323 g/mol. The maximum Gasteiger partial charge on any atom is 0.269 e. The highest BCUT2D eigenvalue weighted by Crippen LogP contribution is 2.40. The van der Waals surface area contributed by atoms with Crippen LogP contribution in [0.5, 0.6) is 11.5 Å². The Kier molecular flexibility index (Phi) is 3.60. The summed E-state index contributed by atoms with van der Waals surface area (Å²) in [6.45, 7) is 0. The fourth-order valence-electron chi connectivity index (χ4n) is 2.89. The van der Waals surface area contributed by atoms with E-state index in [1.165, 1.54) is 26.4 Å². The van der Waals surface area contributed by atoms with Crippen LogP contribution in [0.15, 0.2) is 29.2 Å². The Balaban J connectivity index is 2.14. The second kappa shape index (κ2) is 5.31. The second-order valence-corrected chi connectivity index (χ2v) is 7.02. The number of rotatable bonds is 3. The molecule has 22 heavy (non-hydrogen) atoms. The summed E-state index contributed by atoms with van der Waals surface area (Å²) < 4.78 is 36.7. The van der Waals surface area contributed by atoms with E-state index in [1.807, 2.05) is 6.08 Å². The predicted octanol–water partition coefficient (Wildman–Crippen LogP) is 1.96. The highest BCUT2D eigenvalue weighted by molar-refractivity contribution is 7.90. The Morgan fingerprint density at radius 1 is 1.18 bits per heavy atom. The fraction of sp³-hybridized carbons (Fsp3) is 0.400. The summed E-state index contributed by atoms with van der Waals surface area (Å²) in [5.41, 5.74) is 0.136. The molecule has 1 aliphatic carbocycles. The lowest BCUT2D eigenvalue weighted by molar-refractivity contribution is 0.0844. The molecule has 0 spiro atoms. The summed E-state index contributed by atoms with van der Waals surface area (Å²) in [6, 6.07) is 2.37. The average Bonchev–Trinajstić information content (AvgIpc) is 2.73. The molecule has 0 radical (unpaired) electrons. The zero-order valence-electron chi connectivity index (χ0n) is 12.4. The Hall–Kier alpha value is -2.02. The van der Waals surface area contributed by atoms with E-state index in [0.29, 0.717) is 17.9 Å². The van der Waals surface area contributed by atoms with E-state index in [2.05, 4.69) is 0 Å². The summed E-state index contributed by atoms with van der Waals surface area (Å²) in [5, 5.41) is 0. The molecule has 0 saturated heterocycles. The molecule has 1 atom stereocenters. The van der Waals surface area contributed by atoms with Gasteiger partial charge >= 0.3 is 0 Å². The number of carbonyl (C=O) groups excluding carboxylic acids is 1. The number of hydrogen-bond donors (Lipinski definition) is 0. The van der Waals surface area contributed by atoms with Gasteiger partial charge in [0.2, 0.25) is 0 Å². The molecule has 7 heteroatoms. The standard InChI is InChI=1S/C15H17NO5S/c1-20-12-8-11-14(9-13(12)21-2)22(18,19)16(15(11)17)10-6-4-3-5-7-10/h4,6,8-10H,3,5,7H2,1-2H3/t10-/m0/s1. The topological polar surface area (TPSA) is 72.9 Å². The smallest absolute Gasteiger partial charge is 0.269 e. The van der Waals surface area contributed by atoms with Crippen molar-refractivity contribution in [3.8, 4) is 11.5 Å². The van der Waals surface area contributed by atoms with Gasteiger partial charge in [-0.1, -0.05) is 12.2 Å². The predicted molar refractivity (Wildman–Crippen MR) is 79.7 cm³/mol. The van der Waals surface area contributed by atoms with Crippen LogP contribution in [-0.2, 0) is 10.0 Å². The largest absolute Gasteiger partial charge is 0.493 e. The summed E-state index contributed by atoms with van der Waals surface area (Å²) in [6.07, 6.45) is 6.13. The maximum atomic E-state index is 12.7. The average molecular weight is 323 g/mol. The van der Waals surface area contributed by atoms with Crippen LogP contribution in [0, 0.1) is 0 Å². The first-order chi connectivity index (χ1) is 10.5. The number of benzene rings is 1. The molecule has 1 aromatic carbocycles. The van der Waals surface area contributed by atoms with Crippen molar-refractivity contribution in [2.75, 3.05) is 14.2 Å². The second-order valence-electron chi connectivity index (χ2n) is 5.24. The molecule has 0 bridgehead atoms. The first kappa shape index (κ1) is 14.9. The summed E-state index contributed by atoms with van der Waals surface area (Å²) in [5.74, 6) is 0.122. The van der Waals surface area contributed by atoms with Crippen LogP contribution >= 0.6 is 0 Å². The molecular weight excluding hydrogens is 306 g/mol. The Bertz CT molecular complexity index is 753. The van der Waals surface area contributed by atoms with E-state index in [0.717, 1.165) is 17.1 Å². The molecule has 0 saturated carbocycles. The highest BCUT2D eigenvalue weighted by atomic mass is 32.2. The van der Waals surface area contributed by atoms with Gasteiger partial charge in [0.05, 0.1) is 25.8 Å². The normalized spacial score (nSPS) is 22.5. The SMILES string of the molecule is COc1cc2c(cc1OC)S(=O)(=O)N([C@H]1C=CCCC1)C2=O. The molecule has 1 aromatic rings. The van der Waals surface area contributed by atoms with E-state index in [9.17, 15) is 13.2 Å². The number of methoxy groups -OCH3 is 2. The molecule has 2 aliphatic rings. The quantitative estimate of drug-likeness (QED) is 0.795. The van der Waals surface area contributed by atoms with Gasteiger partial charge in [0.15, 0.2) is 11.5 Å². The number of allylic oxidation sites excluding steroid dienone is 1. The van der Waals surface area contributed by atoms with Crippen molar-refractivity contribution in [1.82, 2.24) is 4.31 Å². The van der Waals surface area contributed by atoms with Gasteiger partial charge in [-0.25, -0.2) is 12.7 Å². The van der Waals surface area contributed by atoms with Crippen LogP contribution in [0.4, 0.5) is 0 Å². The third-order valence-corrected chi connectivity index (χ3v) is 5.83. The van der Waals surface area contributed by atoms with Crippen molar-refractivity contribution < 1.29 is 22.7 Å². The number of fused-ring (bicyclic) bond motifs is 1. The van der Waals surface area contributed by atoms with Gasteiger partial charge < -0.3 is 9.47 Å². The zero-order chi connectivity index (χ0) is 15.9. The van der Waals surface area contributed by atoms with Gasteiger partial charge in [-0.3, -0.25) is 4.79 Å². The van der Waals surface area contributed by atoms with E-state index >= 15 is 0 Å². The third kappa shape index (κ3) is 2.08. The maximum absolute atomic E-state index is 12.7. The Labute approximate surface area is 129 Å². The molecule has 0 fully saturated rings. The molecule has 6 nitrogen and oxygen atoms in total. The minimum atomic E-state index is -3.86. The van der Waals surface area contributed by atoms with Crippen LogP contribution in [0.1, 0.15) is 29.6 Å². The van der Waals surface area contributed by atoms with Gasteiger partial charge in [0.25, 0.3) is 15.9 Å². The Morgan fingerprint density at radius 2 is 1.86 bits per heavy atom. The molecule has 1 amide bonds. The molecule has 0 N–H and O–H groups in total. The van der Waals surface area contributed by atoms with E-state index in [1.54, 1.807) is 6.08 Å². The third-order valence-electron chi connectivity index (χ3n) is 3.98. The number of ether oxygens (including phenoxy) is 2. The lowest BCUT2D eigenvalue weighted by atomic mass is 10.0. The minimum Gasteiger partial charge on any atom is -0.493 e. The molecule has 0 aromatic heterocycles. The van der Waals surface area contributed by atoms with Crippen molar-refractivity contribution in [2.24, 2.45) is 0 Å². The molecule has 118 valence electrons. The lowest BCUT2D eigenvalue weighted by Crippen LogP contribution is -2.39. The van der Waals surface area contributed by atoms with E-state index < -0.39 is 22.0 Å². The molecule has 1 aliphatic heterocycles. The fourth-order valence-corrected chi connectivity index (χ4v) is 4.63. The van der Waals surface area contributed by atoms with E-state index in [4.69, 9.17) is 9.47 Å². The van der Waals surface area contributed by atoms with Gasteiger partial charge in [0, 0.05) is 6.07 Å². The zero-order valence-corrected chi connectivity index (χ0v) is 13.2. The molecule has 1 heterocycles. The van der Waals surface area contributed by atoms with Gasteiger partial charge in [-0.15, -0.1) is 0 Å². The summed E-state index contributed by atoms with van der Waals surface area (Å²) in [4.78, 5) is 12.6. The van der Waals surface area contributed by atoms with Crippen molar-refractivity contribution in [3.05, 3.63) is 29.8 Å². The number of carbonyl (C=O) groups is 1. The highest BCUT2D eigenvalue weighted by Gasteiger charge is 2.45. The van der Waals surface area contributed by atoms with Crippen LogP contribution in [0.3, 0.4) is 0 Å². The molecule has 3 rings (SSSR count). The summed E-state index contributed by atoms with van der Waals surface area (Å²) in [7, 11) is -0.986. The van der Waals surface area contributed by atoms with Crippen LogP contribution < -0.4 is 9.47 Å². The number of sulfonamides is 1. The van der Waals surface area contributed by atoms with Crippen LogP contribution in [-0.4, -0.2) is 38.9 Å². The number of amides is 1. The van der Waals surface area contributed by atoms with Crippen molar-refractivity contribution >= 4 is 15.9 Å². The van der Waals surface area contributed by atoms with E-state index in [-0.39, 0.29) is 10.5 Å². The number of hydrogen-bond acceptors (Lipinski definition) is 5. The van der Waals surface area contributed by atoms with Crippen molar-refractivity contribution in [3.63, 3.8) is 0 Å². The molecule has 0 unspecified atom stereocenters. The first-order valence-corrected chi connectivity index (χ1v) is 8.46. The minimum absolute atomic E-state index is 0.0193. The van der Waals surface area contributed by atoms with Gasteiger partial charge in [0.1, 0.15) is 4.90 Å². The van der Waals surface area contributed by atoms with Gasteiger partial charge in [-0.05, 0) is 25.3 Å². The Morgan fingerprint density at radius 3 is 2.45 bits per heavy atom. The molecular formula is C15H17NO5S. The lowest BCUT2D eigenvalue weighted by Gasteiger charge is -2.25. The summed E-state index contributed by atoms with van der Waals surface area (Å²) >= 11 is 0. The van der Waals surface area contributed by atoms with Crippen LogP contribution in [0.2, 0.25) is 0 Å². The van der Waals surface area contributed by atoms with Crippen molar-refractivity contribution in [1.29, 1.82) is 0 Å². The van der Waals surface area contributed by atoms with Crippen LogP contribution in [0.25, 0.3) is 0 Å². The van der Waals surface area contributed by atoms with Gasteiger partial charge in [-0.2, -0.15) is 0 Å². The van der Waals surface area contributed by atoms with Crippen molar-refractivity contribution in [2.45, 2.75) is 30.2 Å². The number of nitrogens with zero attached hydrogens (tertiary/aromatic N) is 1. The first-order valence-electron chi connectivity index (χ1n) is 7.02.